The summed E-state index contributed by atoms with van der Waals surface area (Å²) >= 11 is 6.10. The predicted octanol–water partition coefficient (Wildman–Crippen LogP) is 3.69. The van der Waals surface area contributed by atoms with Gasteiger partial charge in [0.15, 0.2) is 11.5 Å². The van der Waals surface area contributed by atoms with Crippen molar-refractivity contribution in [3.05, 3.63) is 52.3 Å². The summed E-state index contributed by atoms with van der Waals surface area (Å²) in [7, 11) is 0. The summed E-state index contributed by atoms with van der Waals surface area (Å²) in [5, 5.41) is 12.4. The second kappa shape index (κ2) is 5.51. The van der Waals surface area contributed by atoms with Gasteiger partial charge in [0.05, 0.1) is 10.6 Å². The molecule has 106 valence electrons. The highest BCUT2D eigenvalue weighted by Gasteiger charge is 2.18. The van der Waals surface area contributed by atoms with Crippen LogP contribution in [-0.2, 0) is 6.54 Å². The molecule has 3 rings (SSSR count). The highest BCUT2D eigenvalue weighted by molar-refractivity contribution is 6.32. The van der Waals surface area contributed by atoms with E-state index < -0.39 is 5.82 Å². The van der Waals surface area contributed by atoms with Crippen LogP contribution >= 0.6 is 11.6 Å². The van der Waals surface area contributed by atoms with Crippen LogP contribution in [0.4, 0.5) is 10.1 Å². The molecule has 0 bridgehead atoms. The van der Waals surface area contributed by atoms with E-state index in [1.165, 1.54) is 12.1 Å². The van der Waals surface area contributed by atoms with Gasteiger partial charge in [-0.1, -0.05) is 11.6 Å². The molecule has 4 nitrogen and oxygen atoms in total. The average Bonchev–Trinajstić information content (AvgIpc) is 2.95. The lowest BCUT2D eigenvalue weighted by Crippen LogP contribution is -2.00. The van der Waals surface area contributed by atoms with Crippen molar-refractivity contribution in [3.8, 4) is 17.6 Å². The minimum atomic E-state index is -0.533. The highest BCUT2D eigenvalue weighted by atomic mass is 35.5. The van der Waals surface area contributed by atoms with Crippen LogP contribution in [0.15, 0.2) is 30.3 Å². The Bertz CT molecular complexity index is 743. The number of benzene rings is 2. The van der Waals surface area contributed by atoms with E-state index in [1.54, 1.807) is 18.2 Å². The maximum absolute atomic E-state index is 13.2. The van der Waals surface area contributed by atoms with Gasteiger partial charge in [-0.3, -0.25) is 0 Å². The molecule has 1 aliphatic heterocycles. The Morgan fingerprint density at radius 2 is 2.14 bits per heavy atom. The molecule has 0 atom stereocenters. The van der Waals surface area contributed by atoms with Gasteiger partial charge in [0.1, 0.15) is 11.9 Å². The van der Waals surface area contributed by atoms with Gasteiger partial charge in [0, 0.05) is 12.2 Å². The first kappa shape index (κ1) is 13.5. The fourth-order valence-electron chi connectivity index (χ4n) is 2.05. The van der Waals surface area contributed by atoms with Gasteiger partial charge in [-0.25, -0.2) is 4.39 Å². The zero-order chi connectivity index (χ0) is 14.8. The Labute approximate surface area is 125 Å². The Hall–Kier alpha value is -2.45. The molecule has 6 heteroatoms. The molecule has 0 saturated carbocycles. The van der Waals surface area contributed by atoms with E-state index in [-0.39, 0.29) is 12.4 Å². The Morgan fingerprint density at radius 1 is 1.29 bits per heavy atom. The van der Waals surface area contributed by atoms with Gasteiger partial charge in [-0.2, -0.15) is 5.26 Å². The molecule has 0 aromatic heterocycles. The summed E-state index contributed by atoms with van der Waals surface area (Å²) in [4.78, 5) is 0. The molecule has 0 aliphatic carbocycles. The van der Waals surface area contributed by atoms with Crippen molar-refractivity contribution in [2.24, 2.45) is 0 Å². The lowest BCUT2D eigenvalue weighted by atomic mass is 10.1. The lowest BCUT2D eigenvalue weighted by Gasteiger charge is -2.09. The number of anilines is 1. The number of nitrogens with one attached hydrogen (secondary N) is 1. The number of hydrogen-bond acceptors (Lipinski definition) is 4. The molecule has 2 aromatic rings. The smallest absolute Gasteiger partial charge is 0.231 e. The minimum Gasteiger partial charge on any atom is -0.454 e. The quantitative estimate of drug-likeness (QED) is 0.939. The molecule has 0 saturated heterocycles. The van der Waals surface area contributed by atoms with Crippen LogP contribution in [0.1, 0.15) is 11.1 Å². The van der Waals surface area contributed by atoms with Crippen molar-refractivity contribution in [2.75, 3.05) is 12.1 Å². The van der Waals surface area contributed by atoms with Crippen molar-refractivity contribution in [3.63, 3.8) is 0 Å². The predicted molar refractivity (Wildman–Crippen MR) is 76.0 cm³/mol. The van der Waals surface area contributed by atoms with E-state index in [9.17, 15) is 4.39 Å². The van der Waals surface area contributed by atoms with Crippen LogP contribution < -0.4 is 14.8 Å². The number of nitrogens with zero attached hydrogens (tertiary/aromatic N) is 1. The second-order valence-electron chi connectivity index (χ2n) is 4.47. The Kier molecular flexibility index (Phi) is 3.55. The summed E-state index contributed by atoms with van der Waals surface area (Å²) in [5.74, 6) is 0.624. The molecule has 21 heavy (non-hydrogen) atoms. The highest BCUT2D eigenvalue weighted by Crippen LogP contribution is 2.39. The van der Waals surface area contributed by atoms with Crippen LogP contribution in [0.2, 0.25) is 5.02 Å². The maximum Gasteiger partial charge on any atom is 0.231 e. The van der Waals surface area contributed by atoms with Crippen LogP contribution in [0.5, 0.6) is 11.5 Å². The van der Waals surface area contributed by atoms with E-state index in [4.69, 9.17) is 26.3 Å². The number of rotatable bonds is 3. The molecule has 1 N–H and O–H groups in total. The van der Waals surface area contributed by atoms with Gasteiger partial charge in [0.25, 0.3) is 0 Å². The van der Waals surface area contributed by atoms with Crippen LogP contribution in [0.25, 0.3) is 0 Å². The average molecular weight is 305 g/mol. The molecule has 0 fully saturated rings. The van der Waals surface area contributed by atoms with Gasteiger partial charge in [-0.05, 0) is 35.9 Å². The maximum atomic E-state index is 13.2. The van der Waals surface area contributed by atoms with E-state index in [2.05, 4.69) is 5.32 Å². The Morgan fingerprint density at radius 3 is 2.95 bits per heavy atom. The molecule has 1 aliphatic rings. The van der Waals surface area contributed by atoms with Crippen molar-refractivity contribution < 1.29 is 13.9 Å². The SMILES string of the molecule is N#Cc1cc(NCc2cc(Cl)c3c(c2)OCO3)ccc1F. The topological polar surface area (TPSA) is 54.3 Å². The number of halogens is 2. The van der Waals surface area contributed by atoms with E-state index >= 15 is 0 Å². The first-order chi connectivity index (χ1) is 10.2. The van der Waals surface area contributed by atoms with Gasteiger partial charge < -0.3 is 14.8 Å². The summed E-state index contributed by atoms with van der Waals surface area (Å²) in [6, 6.07) is 9.70. The Balaban J connectivity index is 1.77. The third kappa shape index (κ3) is 2.71. The van der Waals surface area contributed by atoms with E-state index in [0.717, 1.165) is 5.56 Å². The van der Waals surface area contributed by atoms with Gasteiger partial charge in [-0.15, -0.1) is 0 Å². The third-order valence-corrected chi connectivity index (χ3v) is 3.35. The molecule has 0 radical (unpaired) electrons. The van der Waals surface area contributed by atoms with Crippen molar-refractivity contribution in [2.45, 2.75) is 6.54 Å². The summed E-state index contributed by atoms with van der Waals surface area (Å²) < 4.78 is 23.8. The molecular formula is C15H10ClFN2O2. The zero-order valence-corrected chi connectivity index (χ0v) is 11.6. The van der Waals surface area contributed by atoms with E-state index in [0.29, 0.717) is 28.8 Å². The summed E-state index contributed by atoms with van der Waals surface area (Å²) in [6.07, 6.45) is 0. The second-order valence-corrected chi connectivity index (χ2v) is 4.88. The normalized spacial score (nSPS) is 12.0. The van der Waals surface area contributed by atoms with Crippen molar-refractivity contribution >= 4 is 17.3 Å². The van der Waals surface area contributed by atoms with Gasteiger partial charge >= 0.3 is 0 Å². The molecule has 0 spiro atoms. The summed E-state index contributed by atoms with van der Waals surface area (Å²) in [5.41, 5.74) is 1.55. The lowest BCUT2D eigenvalue weighted by molar-refractivity contribution is 0.174. The first-order valence-electron chi connectivity index (χ1n) is 6.19. The van der Waals surface area contributed by atoms with Crippen LogP contribution in [0, 0.1) is 17.1 Å². The molecule has 2 aromatic carbocycles. The van der Waals surface area contributed by atoms with E-state index in [1.807, 2.05) is 6.07 Å². The van der Waals surface area contributed by atoms with Gasteiger partial charge in [0.2, 0.25) is 6.79 Å². The van der Waals surface area contributed by atoms with Crippen LogP contribution in [0.3, 0.4) is 0 Å². The molecule has 0 unspecified atom stereocenters. The minimum absolute atomic E-state index is 0.00344. The monoisotopic (exact) mass is 304 g/mol. The number of hydrogen-bond donors (Lipinski definition) is 1. The molecular weight excluding hydrogens is 295 g/mol. The van der Waals surface area contributed by atoms with Crippen LogP contribution in [-0.4, -0.2) is 6.79 Å². The van der Waals surface area contributed by atoms with Crippen molar-refractivity contribution in [1.82, 2.24) is 0 Å². The zero-order valence-electron chi connectivity index (χ0n) is 10.8. The first-order valence-corrected chi connectivity index (χ1v) is 6.56. The fourth-order valence-corrected chi connectivity index (χ4v) is 2.34. The number of fused-ring (bicyclic) bond motifs is 1. The standard InChI is InChI=1S/C15H10ClFN2O2/c16-12-3-9(4-14-15(12)21-8-20-14)7-19-11-1-2-13(17)10(5-11)6-18/h1-5,19H,7-8H2. The number of ether oxygens (including phenoxy) is 2. The molecule has 0 amide bonds. The summed E-state index contributed by atoms with van der Waals surface area (Å²) in [6.45, 7) is 0.627. The largest absolute Gasteiger partial charge is 0.454 e. The van der Waals surface area contributed by atoms with Crippen molar-refractivity contribution in [1.29, 1.82) is 5.26 Å². The third-order valence-electron chi connectivity index (χ3n) is 3.07. The fraction of sp³-hybridized carbons (Fsp3) is 0.133. The number of nitriles is 1. The molecule has 1 heterocycles.